The van der Waals surface area contributed by atoms with E-state index in [1.165, 1.54) is 16.2 Å². The van der Waals surface area contributed by atoms with Crippen LogP contribution in [0.5, 0.6) is 0 Å². The first kappa shape index (κ1) is 20.5. The second-order valence-corrected chi connectivity index (χ2v) is 9.95. The van der Waals surface area contributed by atoms with Gasteiger partial charge in [0.25, 0.3) is 5.91 Å². The Labute approximate surface area is 167 Å². The second kappa shape index (κ2) is 8.40. The summed E-state index contributed by atoms with van der Waals surface area (Å²) in [5, 5.41) is 0. The van der Waals surface area contributed by atoms with Crippen molar-refractivity contribution in [3.8, 4) is 0 Å². The highest BCUT2D eigenvalue weighted by atomic mass is 32.2. The smallest absolute Gasteiger partial charge is 0.263 e. The molecule has 2 heterocycles. The predicted molar refractivity (Wildman–Crippen MR) is 110 cm³/mol. The highest BCUT2D eigenvalue weighted by Gasteiger charge is 2.26. The second-order valence-electron chi connectivity index (χ2n) is 6.88. The number of fused-ring (bicyclic) bond motifs is 1. The number of sulfone groups is 1. The molecule has 28 heavy (non-hydrogen) atoms. The van der Waals surface area contributed by atoms with Gasteiger partial charge in [-0.3, -0.25) is 9.59 Å². The van der Waals surface area contributed by atoms with Crippen molar-refractivity contribution in [2.75, 3.05) is 24.6 Å². The average Bonchev–Trinajstić information content (AvgIpc) is 3.23. The predicted octanol–water partition coefficient (Wildman–Crippen LogP) is 1.66. The monoisotopic (exact) mass is 421 g/mol. The number of benzene rings is 1. The van der Waals surface area contributed by atoms with E-state index < -0.39 is 33.2 Å². The van der Waals surface area contributed by atoms with Crippen LogP contribution in [-0.2, 0) is 26.0 Å². The molecule has 0 radical (unpaired) electrons. The van der Waals surface area contributed by atoms with Crippen molar-refractivity contribution in [3.63, 3.8) is 0 Å². The fraction of sp³-hybridized carbons (Fsp3) is 0.421. The van der Waals surface area contributed by atoms with Crippen LogP contribution >= 0.6 is 11.3 Å². The summed E-state index contributed by atoms with van der Waals surface area (Å²) in [6.45, 7) is 7.32. The molecule has 0 atom stereocenters. The number of carbonyl (C=O) groups is 2. The van der Waals surface area contributed by atoms with E-state index >= 15 is 0 Å². The third-order valence-electron chi connectivity index (χ3n) is 4.52. The molecule has 1 aliphatic rings. The van der Waals surface area contributed by atoms with E-state index in [1.807, 2.05) is 29.7 Å². The Hall–Kier alpha value is -2.26. The Balaban J connectivity index is 1.82. The van der Waals surface area contributed by atoms with Gasteiger partial charge < -0.3 is 9.47 Å². The number of carbonyl (C=O) groups excluding carboxylic acids is 2. The number of thiazole rings is 1. The maximum absolute atomic E-state index is 12.3. The molecule has 3 rings (SSSR count). The number of hydrogen-bond acceptors (Lipinski definition) is 5. The molecule has 1 aromatic heterocycles. The minimum absolute atomic E-state index is 0.423. The molecule has 0 saturated carbocycles. The largest absolute Gasteiger partial charge is 0.342 e. The van der Waals surface area contributed by atoms with Gasteiger partial charge in [0.15, 0.2) is 14.6 Å². The average molecular weight is 422 g/mol. The standard InChI is InChI=1S/C19H23N3O4S2/c1-3-8-22-15-7-6-14(2)11-16(15)27-19(22)20-17(23)12-28(25,26)13-18(24)21-9-4-5-10-21/h3,6-7,11H,1,4-5,8-10,12-13H2,2H3. The number of aromatic nitrogens is 1. The number of hydrogen-bond donors (Lipinski definition) is 0. The number of nitrogens with zero attached hydrogens (tertiary/aromatic N) is 3. The quantitative estimate of drug-likeness (QED) is 0.664. The summed E-state index contributed by atoms with van der Waals surface area (Å²) in [6.07, 6.45) is 3.46. The first-order valence-corrected chi connectivity index (χ1v) is 11.7. The van der Waals surface area contributed by atoms with Gasteiger partial charge in [0.05, 0.1) is 10.2 Å². The van der Waals surface area contributed by atoms with E-state index in [0.717, 1.165) is 28.6 Å². The molecule has 2 aromatic rings. The molecule has 1 fully saturated rings. The number of allylic oxidation sites excluding steroid dienone is 1. The van der Waals surface area contributed by atoms with Crippen LogP contribution in [0.4, 0.5) is 0 Å². The molecule has 150 valence electrons. The minimum atomic E-state index is -3.86. The van der Waals surface area contributed by atoms with Gasteiger partial charge in [-0.2, -0.15) is 4.99 Å². The van der Waals surface area contributed by atoms with Crippen LogP contribution in [0.3, 0.4) is 0 Å². The first-order chi connectivity index (χ1) is 13.3. The molecule has 0 aliphatic carbocycles. The maximum Gasteiger partial charge on any atom is 0.263 e. The van der Waals surface area contributed by atoms with Crippen LogP contribution < -0.4 is 4.80 Å². The van der Waals surface area contributed by atoms with Gasteiger partial charge in [-0.1, -0.05) is 23.5 Å². The van der Waals surface area contributed by atoms with Crippen molar-refractivity contribution in [1.29, 1.82) is 0 Å². The van der Waals surface area contributed by atoms with Crippen molar-refractivity contribution < 1.29 is 18.0 Å². The Bertz CT molecular complexity index is 1090. The fourth-order valence-electron chi connectivity index (χ4n) is 3.20. The molecular formula is C19H23N3O4S2. The third kappa shape index (κ3) is 4.77. The van der Waals surface area contributed by atoms with Gasteiger partial charge in [-0.25, -0.2) is 8.42 Å². The van der Waals surface area contributed by atoms with Crippen molar-refractivity contribution in [1.82, 2.24) is 9.47 Å². The normalized spacial score (nSPS) is 15.3. The zero-order valence-electron chi connectivity index (χ0n) is 15.8. The number of aryl methyl sites for hydroxylation is 1. The topological polar surface area (TPSA) is 88.8 Å². The molecule has 7 nitrogen and oxygen atoms in total. The van der Waals surface area contributed by atoms with Crippen LogP contribution in [0, 0.1) is 6.92 Å². The molecular weight excluding hydrogens is 398 g/mol. The van der Waals surface area contributed by atoms with Crippen LogP contribution in [-0.4, -0.2) is 54.3 Å². The SMILES string of the molecule is C=CCn1c(=NC(=O)CS(=O)(=O)CC(=O)N2CCCC2)sc2cc(C)ccc21. The summed E-state index contributed by atoms with van der Waals surface area (Å²) in [7, 11) is -3.86. The molecule has 0 unspecified atom stereocenters. The molecule has 2 amide bonds. The van der Waals surface area contributed by atoms with E-state index in [-0.39, 0.29) is 0 Å². The summed E-state index contributed by atoms with van der Waals surface area (Å²) >= 11 is 1.32. The lowest BCUT2D eigenvalue weighted by Crippen LogP contribution is -2.35. The Morgan fingerprint density at radius 3 is 2.64 bits per heavy atom. The molecule has 9 heteroatoms. The molecule has 0 N–H and O–H groups in total. The summed E-state index contributed by atoms with van der Waals surface area (Å²) in [4.78, 5) is 30.4. The van der Waals surface area contributed by atoms with Crippen molar-refractivity contribution in [3.05, 3.63) is 41.2 Å². The number of rotatable bonds is 6. The number of amides is 2. The summed E-state index contributed by atoms with van der Waals surface area (Å²) < 4.78 is 27.3. The minimum Gasteiger partial charge on any atom is -0.342 e. The Kier molecular flexibility index (Phi) is 6.14. The highest BCUT2D eigenvalue weighted by molar-refractivity contribution is 7.92. The van der Waals surface area contributed by atoms with Gasteiger partial charge >= 0.3 is 0 Å². The van der Waals surface area contributed by atoms with Gasteiger partial charge in [0.2, 0.25) is 5.91 Å². The van der Waals surface area contributed by atoms with E-state index in [1.54, 1.807) is 6.08 Å². The summed E-state index contributed by atoms with van der Waals surface area (Å²) in [5.41, 5.74) is 1.99. The lowest BCUT2D eigenvalue weighted by atomic mass is 10.2. The van der Waals surface area contributed by atoms with Crippen molar-refractivity contribution >= 4 is 43.2 Å². The van der Waals surface area contributed by atoms with Gasteiger partial charge in [-0.15, -0.1) is 6.58 Å². The van der Waals surface area contributed by atoms with E-state index in [0.29, 0.717) is 24.4 Å². The van der Waals surface area contributed by atoms with E-state index in [4.69, 9.17) is 0 Å². The van der Waals surface area contributed by atoms with Gasteiger partial charge in [0.1, 0.15) is 11.5 Å². The number of likely N-dealkylation sites (tertiary alicyclic amines) is 1. The highest BCUT2D eigenvalue weighted by Crippen LogP contribution is 2.19. The van der Waals surface area contributed by atoms with Crippen molar-refractivity contribution in [2.24, 2.45) is 4.99 Å². The summed E-state index contributed by atoms with van der Waals surface area (Å²) in [6, 6.07) is 5.91. The third-order valence-corrected chi connectivity index (χ3v) is 6.93. The lowest BCUT2D eigenvalue weighted by Gasteiger charge is -2.14. The molecule has 1 aliphatic heterocycles. The Morgan fingerprint density at radius 1 is 1.25 bits per heavy atom. The maximum atomic E-state index is 12.3. The van der Waals surface area contributed by atoms with Crippen molar-refractivity contribution in [2.45, 2.75) is 26.3 Å². The van der Waals surface area contributed by atoms with Gasteiger partial charge in [-0.05, 0) is 37.5 Å². The van der Waals surface area contributed by atoms with Crippen LogP contribution in [0.25, 0.3) is 10.2 Å². The Morgan fingerprint density at radius 2 is 1.96 bits per heavy atom. The van der Waals surface area contributed by atoms with Crippen LogP contribution in [0.15, 0.2) is 35.8 Å². The first-order valence-electron chi connectivity index (χ1n) is 9.06. The summed E-state index contributed by atoms with van der Waals surface area (Å²) in [5.74, 6) is -2.62. The molecule has 1 aromatic carbocycles. The lowest BCUT2D eigenvalue weighted by molar-refractivity contribution is -0.127. The van der Waals surface area contributed by atoms with E-state index in [2.05, 4.69) is 11.6 Å². The molecule has 0 spiro atoms. The zero-order valence-corrected chi connectivity index (χ0v) is 17.4. The molecule has 1 saturated heterocycles. The fourth-order valence-corrected chi connectivity index (χ4v) is 5.45. The van der Waals surface area contributed by atoms with E-state index in [9.17, 15) is 18.0 Å². The van der Waals surface area contributed by atoms with Crippen LogP contribution in [0.1, 0.15) is 18.4 Å². The van der Waals surface area contributed by atoms with Crippen LogP contribution in [0.2, 0.25) is 0 Å². The zero-order chi connectivity index (χ0) is 20.3. The molecule has 0 bridgehead atoms. The van der Waals surface area contributed by atoms with Gasteiger partial charge in [0, 0.05) is 19.6 Å².